The number of hydrogen-bond donors (Lipinski definition) is 0. The van der Waals surface area contributed by atoms with Gasteiger partial charge in [-0.1, -0.05) is 18.2 Å². The number of ether oxygens (including phenoxy) is 1. The second-order valence-corrected chi connectivity index (χ2v) is 8.38. The van der Waals surface area contributed by atoms with E-state index in [9.17, 15) is 4.79 Å². The summed E-state index contributed by atoms with van der Waals surface area (Å²) in [7, 11) is 1.68. The zero-order valence-corrected chi connectivity index (χ0v) is 17.3. The summed E-state index contributed by atoms with van der Waals surface area (Å²) in [6.45, 7) is 4.27. The summed E-state index contributed by atoms with van der Waals surface area (Å²) in [5.74, 6) is 2.81. The van der Waals surface area contributed by atoms with Crippen LogP contribution in [0.3, 0.4) is 0 Å². The van der Waals surface area contributed by atoms with E-state index >= 15 is 0 Å². The van der Waals surface area contributed by atoms with Gasteiger partial charge in [-0.15, -0.1) is 10.2 Å². The molecule has 0 unspecified atom stereocenters. The van der Waals surface area contributed by atoms with Crippen molar-refractivity contribution < 1.29 is 9.15 Å². The Labute approximate surface area is 175 Å². The summed E-state index contributed by atoms with van der Waals surface area (Å²) in [6, 6.07) is 13.9. The van der Waals surface area contributed by atoms with E-state index in [1.54, 1.807) is 13.2 Å². The number of likely N-dealkylation sites (tertiary alicyclic amines) is 1. The van der Waals surface area contributed by atoms with E-state index in [1.807, 2.05) is 29.7 Å². The van der Waals surface area contributed by atoms with Crippen molar-refractivity contribution in [2.24, 2.45) is 5.92 Å². The summed E-state index contributed by atoms with van der Waals surface area (Å²) in [5, 5.41) is 8.13. The maximum absolute atomic E-state index is 12.9. The van der Waals surface area contributed by atoms with E-state index in [4.69, 9.17) is 9.15 Å². The standard InChI is InChI=1S/C23H26N4O3/c1-15-24-25-22(30-15)14-26-12-17-11-18(13-26)21(27-20(17)7-4-8-23(27)28)10-16-5-3-6-19(9-16)29-2/h3-9,17-18,21H,10-14H2,1-2H3/t17-,18+,21+/m1/s1. The number of hydrogen-bond acceptors (Lipinski definition) is 6. The second kappa shape index (κ2) is 7.72. The van der Waals surface area contributed by atoms with Crippen molar-refractivity contribution in [3.05, 3.63) is 75.9 Å². The molecule has 4 heterocycles. The molecule has 1 saturated heterocycles. The Hall–Kier alpha value is -2.93. The molecular formula is C23H26N4O3. The highest BCUT2D eigenvalue weighted by atomic mass is 16.5. The van der Waals surface area contributed by atoms with Crippen molar-refractivity contribution in [3.8, 4) is 5.75 Å². The lowest BCUT2D eigenvalue weighted by molar-refractivity contribution is 0.0789. The highest BCUT2D eigenvalue weighted by Crippen LogP contribution is 2.42. The Balaban J connectivity index is 1.48. The molecule has 3 atom stereocenters. The van der Waals surface area contributed by atoms with Gasteiger partial charge in [-0.3, -0.25) is 9.69 Å². The SMILES string of the molecule is COc1cccc(C[C@H]2[C@H]3C[C@H](CN(Cc4nnc(C)o4)C3)c3cccc(=O)n32)c1. The predicted octanol–water partition coefficient (Wildman–Crippen LogP) is 2.95. The first-order valence-corrected chi connectivity index (χ1v) is 10.5. The average Bonchev–Trinajstić information content (AvgIpc) is 3.16. The topological polar surface area (TPSA) is 73.4 Å². The summed E-state index contributed by atoms with van der Waals surface area (Å²) in [4.78, 5) is 15.3. The molecule has 0 aliphatic carbocycles. The minimum atomic E-state index is 0.0936. The van der Waals surface area contributed by atoms with Crippen LogP contribution in [0.25, 0.3) is 0 Å². The van der Waals surface area contributed by atoms with Crippen LogP contribution in [0.4, 0.5) is 0 Å². The number of piperidine rings is 1. The van der Waals surface area contributed by atoms with Crippen LogP contribution in [0.15, 0.2) is 51.7 Å². The predicted molar refractivity (Wildman–Crippen MR) is 112 cm³/mol. The third kappa shape index (κ3) is 3.54. The number of nitrogens with zero attached hydrogens (tertiary/aromatic N) is 4. The molecule has 0 N–H and O–H groups in total. The minimum Gasteiger partial charge on any atom is -0.497 e. The van der Waals surface area contributed by atoms with Crippen LogP contribution in [0.1, 0.15) is 41.4 Å². The molecule has 7 nitrogen and oxygen atoms in total. The fraction of sp³-hybridized carbons (Fsp3) is 0.435. The van der Waals surface area contributed by atoms with Gasteiger partial charge in [-0.25, -0.2) is 0 Å². The molecule has 2 aliphatic rings. The van der Waals surface area contributed by atoms with Crippen molar-refractivity contribution in [1.82, 2.24) is 19.7 Å². The molecule has 5 rings (SSSR count). The van der Waals surface area contributed by atoms with E-state index in [0.29, 0.717) is 30.2 Å². The second-order valence-electron chi connectivity index (χ2n) is 8.38. The molecule has 2 bridgehead atoms. The van der Waals surface area contributed by atoms with E-state index in [2.05, 4.69) is 33.3 Å². The third-order valence-electron chi connectivity index (χ3n) is 6.38. The largest absolute Gasteiger partial charge is 0.497 e. The number of pyridine rings is 1. The van der Waals surface area contributed by atoms with E-state index < -0.39 is 0 Å². The van der Waals surface area contributed by atoms with Crippen molar-refractivity contribution >= 4 is 0 Å². The first-order valence-electron chi connectivity index (χ1n) is 10.5. The minimum absolute atomic E-state index is 0.0936. The average molecular weight is 406 g/mol. The van der Waals surface area contributed by atoms with Gasteiger partial charge < -0.3 is 13.7 Å². The molecule has 0 amide bonds. The quantitative estimate of drug-likeness (QED) is 0.649. The molecule has 2 aliphatic heterocycles. The van der Waals surface area contributed by atoms with E-state index in [1.165, 1.54) is 5.56 Å². The number of aromatic nitrogens is 3. The van der Waals surface area contributed by atoms with Gasteiger partial charge in [0, 0.05) is 43.7 Å². The summed E-state index contributed by atoms with van der Waals surface area (Å²) in [6.07, 6.45) is 1.90. The molecule has 3 aromatic rings. The van der Waals surface area contributed by atoms with Gasteiger partial charge in [0.15, 0.2) is 0 Å². The Kier molecular flexibility index (Phi) is 4.90. The first kappa shape index (κ1) is 19.1. The zero-order chi connectivity index (χ0) is 20.7. The van der Waals surface area contributed by atoms with Crippen LogP contribution in [0.5, 0.6) is 5.75 Å². The van der Waals surface area contributed by atoms with Gasteiger partial charge in [0.2, 0.25) is 11.8 Å². The Bertz CT molecular complexity index is 1110. The lowest BCUT2D eigenvalue weighted by Gasteiger charge is -2.47. The van der Waals surface area contributed by atoms with Gasteiger partial charge in [-0.05, 0) is 42.5 Å². The lowest BCUT2D eigenvalue weighted by atomic mass is 9.76. The van der Waals surface area contributed by atoms with Crippen molar-refractivity contribution in [2.75, 3.05) is 20.2 Å². The molecule has 1 fully saturated rings. The summed E-state index contributed by atoms with van der Waals surface area (Å²) < 4.78 is 13.1. The highest BCUT2D eigenvalue weighted by Gasteiger charge is 2.40. The Morgan fingerprint density at radius 2 is 2.03 bits per heavy atom. The fourth-order valence-electron chi connectivity index (χ4n) is 5.16. The fourth-order valence-corrected chi connectivity index (χ4v) is 5.16. The van der Waals surface area contributed by atoms with Crippen LogP contribution in [-0.2, 0) is 13.0 Å². The normalized spacial score (nSPS) is 23.2. The Morgan fingerprint density at radius 1 is 1.17 bits per heavy atom. The van der Waals surface area contributed by atoms with Crippen LogP contribution < -0.4 is 10.3 Å². The van der Waals surface area contributed by atoms with Gasteiger partial charge in [-0.2, -0.15) is 0 Å². The van der Waals surface area contributed by atoms with Crippen LogP contribution in [0, 0.1) is 12.8 Å². The van der Waals surface area contributed by atoms with Crippen LogP contribution >= 0.6 is 0 Å². The molecule has 2 aromatic heterocycles. The van der Waals surface area contributed by atoms with Gasteiger partial charge in [0.05, 0.1) is 13.7 Å². The number of rotatable bonds is 5. The molecule has 156 valence electrons. The van der Waals surface area contributed by atoms with Gasteiger partial charge in [0.25, 0.3) is 5.56 Å². The molecule has 0 spiro atoms. The smallest absolute Gasteiger partial charge is 0.251 e. The number of methoxy groups -OCH3 is 1. The zero-order valence-electron chi connectivity index (χ0n) is 17.3. The molecule has 0 saturated carbocycles. The first-order chi connectivity index (χ1) is 14.6. The van der Waals surface area contributed by atoms with E-state index in [-0.39, 0.29) is 11.6 Å². The molecular weight excluding hydrogens is 380 g/mol. The number of fused-ring (bicyclic) bond motifs is 4. The molecule has 0 radical (unpaired) electrons. The summed E-state index contributed by atoms with van der Waals surface area (Å²) >= 11 is 0. The maximum atomic E-state index is 12.9. The summed E-state index contributed by atoms with van der Waals surface area (Å²) in [5.41, 5.74) is 2.42. The molecule has 30 heavy (non-hydrogen) atoms. The van der Waals surface area contributed by atoms with Crippen molar-refractivity contribution in [1.29, 1.82) is 0 Å². The van der Waals surface area contributed by atoms with Crippen LogP contribution in [0.2, 0.25) is 0 Å². The maximum Gasteiger partial charge on any atom is 0.251 e. The van der Waals surface area contributed by atoms with Gasteiger partial charge in [0.1, 0.15) is 5.75 Å². The van der Waals surface area contributed by atoms with Crippen LogP contribution in [-0.4, -0.2) is 39.9 Å². The van der Waals surface area contributed by atoms with Crippen molar-refractivity contribution in [2.45, 2.75) is 38.3 Å². The van der Waals surface area contributed by atoms with Gasteiger partial charge >= 0.3 is 0 Å². The highest BCUT2D eigenvalue weighted by molar-refractivity contribution is 5.30. The number of aryl methyl sites for hydroxylation is 1. The number of benzene rings is 1. The lowest BCUT2D eigenvalue weighted by Crippen LogP contribution is -2.49. The molecule has 7 heteroatoms. The Morgan fingerprint density at radius 3 is 2.83 bits per heavy atom. The van der Waals surface area contributed by atoms with E-state index in [0.717, 1.165) is 37.4 Å². The third-order valence-corrected chi connectivity index (χ3v) is 6.38. The molecule has 1 aromatic carbocycles. The monoisotopic (exact) mass is 406 g/mol. The van der Waals surface area contributed by atoms with Crippen molar-refractivity contribution in [3.63, 3.8) is 0 Å².